The molecule has 0 aliphatic rings. The highest BCUT2D eigenvalue weighted by atomic mass is 32.2. The number of hydrogen-bond donors (Lipinski definition) is 2. The van der Waals surface area contributed by atoms with Crippen LogP contribution in [0.5, 0.6) is 0 Å². The Hall–Kier alpha value is -3.12. The molecule has 138 valence electrons. The molecule has 6 heteroatoms. The lowest BCUT2D eigenvalue weighted by molar-refractivity contribution is 0.102. The van der Waals surface area contributed by atoms with Crippen molar-refractivity contribution in [2.45, 2.75) is 18.7 Å². The highest BCUT2D eigenvalue weighted by Crippen LogP contribution is 2.23. The van der Waals surface area contributed by atoms with E-state index >= 15 is 0 Å². The van der Waals surface area contributed by atoms with Gasteiger partial charge in [0.2, 0.25) is 0 Å². The summed E-state index contributed by atoms with van der Waals surface area (Å²) in [6, 6.07) is 20.6. The summed E-state index contributed by atoms with van der Waals surface area (Å²) < 4.78 is 27.8. The van der Waals surface area contributed by atoms with E-state index in [1.165, 1.54) is 0 Å². The predicted molar refractivity (Wildman–Crippen MR) is 108 cm³/mol. The van der Waals surface area contributed by atoms with Gasteiger partial charge in [0.15, 0.2) is 0 Å². The third kappa shape index (κ3) is 4.35. The van der Waals surface area contributed by atoms with Gasteiger partial charge >= 0.3 is 0 Å². The molecular weight excluding hydrogens is 360 g/mol. The molecule has 0 aliphatic carbocycles. The molecule has 27 heavy (non-hydrogen) atoms. The van der Waals surface area contributed by atoms with E-state index in [-0.39, 0.29) is 10.8 Å². The summed E-state index contributed by atoms with van der Waals surface area (Å²) in [5.74, 6) is -0.296. The number of rotatable bonds is 5. The first kappa shape index (κ1) is 18.7. The molecule has 0 aromatic heterocycles. The van der Waals surface area contributed by atoms with E-state index in [2.05, 4.69) is 10.0 Å². The van der Waals surface area contributed by atoms with Gasteiger partial charge in [0, 0.05) is 11.3 Å². The molecule has 0 spiro atoms. The molecule has 0 bridgehead atoms. The summed E-state index contributed by atoms with van der Waals surface area (Å²) in [4.78, 5) is 12.7. The Kier molecular flexibility index (Phi) is 5.28. The van der Waals surface area contributed by atoms with Gasteiger partial charge in [-0.05, 0) is 55.8 Å². The molecule has 3 aromatic rings. The average molecular weight is 380 g/mol. The SMILES string of the molecule is Cc1ccc(S(=O)(=O)Nc2cccc(C(=O)Nc3ccccc3)c2C)cc1. The molecule has 0 radical (unpaired) electrons. The zero-order valence-corrected chi connectivity index (χ0v) is 15.9. The van der Waals surface area contributed by atoms with E-state index in [1.807, 2.05) is 25.1 Å². The molecule has 0 heterocycles. The summed E-state index contributed by atoms with van der Waals surface area (Å²) in [6.45, 7) is 3.61. The maximum Gasteiger partial charge on any atom is 0.261 e. The Labute approximate surface area is 159 Å². The van der Waals surface area contributed by atoms with Gasteiger partial charge in [-0.25, -0.2) is 8.42 Å². The molecule has 0 atom stereocenters. The van der Waals surface area contributed by atoms with E-state index in [0.717, 1.165) is 5.56 Å². The summed E-state index contributed by atoms with van der Waals surface area (Å²) >= 11 is 0. The number of anilines is 2. The number of para-hydroxylation sites is 1. The minimum absolute atomic E-state index is 0.173. The smallest absolute Gasteiger partial charge is 0.261 e. The molecular formula is C21H20N2O3S. The zero-order valence-electron chi connectivity index (χ0n) is 15.1. The van der Waals surface area contributed by atoms with Crippen LogP contribution in [0.25, 0.3) is 0 Å². The van der Waals surface area contributed by atoms with E-state index in [1.54, 1.807) is 61.5 Å². The maximum absolute atomic E-state index is 12.6. The first-order valence-corrected chi connectivity index (χ1v) is 9.90. The number of amides is 1. The number of nitrogens with one attached hydrogen (secondary N) is 2. The van der Waals surface area contributed by atoms with Gasteiger partial charge < -0.3 is 5.32 Å². The summed E-state index contributed by atoms with van der Waals surface area (Å²) in [7, 11) is -3.74. The summed E-state index contributed by atoms with van der Waals surface area (Å²) in [5, 5.41) is 2.81. The van der Waals surface area contributed by atoms with E-state index in [4.69, 9.17) is 0 Å². The van der Waals surface area contributed by atoms with Crippen molar-refractivity contribution < 1.29 is 13.2 Å². The predicted octanol–water partition coefficient (Wildman–Crippen LogP) is 4.36. The van der Waals surface area contributed by atoms with Crippen LogP contribution < -0.4 is 10.0 Å². The Morgan fingerprint density at radius 3 is 2.15 bits per heavy atom. The largest absolute Gasteiger partial charge is 0.322 e. The third-order valence-corrected chi connectivity index (χ3v) is 5.57. The lowest BCUT2D eigenvalue weighted by Gasteiger charge is -2.14. The number of sulfonamides is 1. The standard InChI is InChI=1S/C21H20N2O3S/c1-15-11-13-18(14-12-15)27(25,26)23-20-10-6-9-19(16(20)2)21(24)22-17-7-4-3-5-8-17/h3-14,23H,1-2H3,(H,22,24). The first-order chi connectivity index (χ1) is 12.9. The second-order valence-electron chi connectivity index (χ2n) is 6.22. The molecule has 0 saturated heterocycles. The Balaban J connectivity index is 1.86. The van der Waals surface area contributed by atoms with Gasteiger partial charge in [0.05, 0.1) is 10.6 Å². The highest BCUT2D eigenvalue weighted by Gasteiger charge is 2.18. The molecule has 0 aliphatic heterocycles. The quantitative estimate of drug-likeness (QED) is 0.691. The Morgan fingerprint density at radius 1 is 0.815 bits per heavy atom. The molecule has 5 nitrogen and oxygen atoms in total. The highest BCUT2D eigenvalue weighted by molar-refractivity contribution is 7.92. The summed E-state index contributed by atoms with van der Waals surface area (Å²) in [6.07, 6.45) is 0. The van der Waals surface area contributed by atoms with Crippen LogP contribution in [0.15, 0.2) is 77.7 Å². The first-order valence-electron chi connectivity index (χ1n) is 8.42. The van der Waals surface area contributed by atoms with E-state index < -0.39 is 10.0 Å². The van der Waals surface area contributed by atoms with E-state index in [0.29, 0.717) is 22.5 Å². The van der Waals surface area contributed by atoms with Gasteiger partial charge in [-0.15, -0.1) is 0 Å². The lowest BCUT2D eigenvalue weighted by atomic mass is 10.1. The number of carbonyl (C=O) groups excluding carboxylic acids is 1. The minimum atomic E-state index is -3.74. The molecule has 3 aromatic carbocycles. The van der Waals surface area contributed by atoms with Crippen molar-refractivity contribution in [2.24, 2.45) is 0 Å². The van der Waals surface area contributed by atoms with Crippen molar-refractivity contribution in [1.82, 2.24) is 0 Å². The number of benzene rings is 3. The van der Waals surface area contributed by atoms with Crippen LogP contribution in [0.4, 0.5) is 11.4 Å². The van der Waals surface area contributed by atoms with Crippen molar-refractivity contribution in [3.8, 4) is 0 Å². The van der Waals surface area contributed by atoms with Gasteiger partial charge in [-0.1, -0.05) is 42.0 Å². The number of hydrogen-bond acceptors (Lipinski definition) is 3. The fraction of sp³-hybridized carbons (Fsp3) is 0.0952. The van der Waals surface area contributed by atoms with Gasteiger partial charge in [-0.2, -0.15) is 0 Å². The molecule has 3 rings (SSSR count). The van der Waals surface area contributed by atoms with Gasteiger partial charge in [-0.3, -0.25) is 9.52 Å². The van der Waals surface area contributed by atoms with Crippen LogP contribution in [0.1, 0.15) is 21.5 Å². The van der Waals surface area contributed by atoms with Crippen molar-refractivity contribution in [2.75, 3.05) is 10.0 Å². The van der Waals surface area contributed by atoms with Crippen molar-refractivity contribution >= 4 is 27.3 Å². The molecule has 2 N–H and O–H groups in total. The second-order valence-corrected chi connectivity index (χ2v) is 7.90. The molecule has 0 fully saturated rings. The van der Waals surface area contributed by atoms with Crippen molar-refractivity contribution in [3.05, 3.63) is 89.5 Å². The van der Waals surface area contributed by atoms with Crippen molar-refractivity contribution in [3.63, 3.8) is 0 Å². The van der Waals surface area contributed by atoms with E-state index in [9.17, 15) is 13.2 Å². The topological polar surface area (TPSA) is 75.3 Å². The third-order valence-electron chi connectivity index (χ3n) is 4.19. The lowest BCUT2D eigenvalue weighted by Crippen LogP contribution is -2.17. The Morgan fingerprint density at radius 2 is 1.48 bits per heavy atom. The van der Waals surface area contributed by atoms with Gasteiger partial charge in [0.25, 0.3) is 15.9 Å². The normalized spacial score (nSPS) is 11.0. The fourth-order valence-electron chi connectivity index (χ4n) is 2.63. The van der Waals surface area contributed by atoms with Crippen LogP contribution in [0, 0.1) is 13.8 Å². The van der Waals surface area contributed by atoms with Crippen LogP contribution >= 0.6 is 0 Å². The zero-order chi connectivity index (χ0) is 19.4. The van der Waals surface area contributed by atoms with Crippen LogP contribution in [-0.4, -0.2) is 14.3 Å². The molecule has 0 saturated carbocycles. The second kappa shape index (κ2) is 7.63. The molecule has 0 unspecified atom stereocenters. The Bertz CT molecular complexity index is 1060. The minimum Gasteiger partial charge on any atom is -0.322 e. The molecule has 1 amide bonds. The maximum atomic E-state index is 12.6. The van der Waals surface area contributed by atoms with Crippen LogP contribution in [0.3, 0.4) is 0 Å². The number of aryl methyl sites for hydroxylation is 1. The van der Waals surface area contributed by atoms with Crippen molar-refractivity contribution in [1.29, 1.82) is 0 Å². The van der Waals surface area contributed by atoms with Crippen LogP contribution in [0.2, 0.25) is 0 Å². The average Bonchev–Trinajstić information content (AvgIpc) is 2.64. The fourth-order valence-corrected chi connectivity index (χ4v) is 3.76. The monoisotopic (exact) mass is 380 g/mol. The number of carbonyl (C=O) groups is 1. The van der Waals surface area contributed by atoms with Crippen LogP contribution in [-0.2, 0) is 10.0 Å². The summed E-state index contributed by atoms with van der Waals surface area (Å²) in [5.41, 5.74) is 2.98. The van der Waals surface area contributed by atoms with Gasteiger partial charge in [0.1, 0.15) is 0 Å².